The number of hydrogen-bond acceptors (Lipinski definition) is 5. The summed E-state index contributed by atoms with van der Waals surface area (Å²) >= 11 is 0. The quantitative estimate of drug-likeness (QED) is 0.100. The lowest BCUT2D eigenvalue weighted by molar-refractivity contribution is -0.137. The fraction of sp³-hybridized carbons (Fsp3) is 0.195. The van der Waals surface area contributed by atoms with Gasteiger partial charge in [-0.25, -0.2) is 4.79 Å². The molecule has 5 aromatic carbocycles. The van der Waals surface area contributed by atoms with Crippen LogP contribution in [0.25, 0.3) is 11.1 Å². The molecule has 0 saturated heterocycles. The molecular formula is C41H40ClNO7. The number of ether oxygens (including phenoxy) is 2. The van der Waals surface area contributed by atoms with E-state index < -0.39 is 11.9 Å². The highest BCUT2D eigenvalue weighted by molar-refractivity contribution is 5.87. The minimum absolute atomic E-state index is 0. The summed E-state index contributed by atoms with van der Waals surface area (Å²) in [6.07, 6.45) is 0.800. The molecule has 0 saturated carbocycles. The van der Waals surface area contributed by atoms with Crippen LogP contribution in [0.15, 0.2) is 127 Å². The number of carbonyl (C=O) groups is 3. The number of aliphatic carboxylic acids is 1. The van der Waals surface area contributed by atoms with Gasteiger partial charge < -0.3 is 24.6 Å². The maximum atomic E-state index is 13.2. The fourth-order valence-electron chi connectivity index (χ4n) is 5.36. The molecule has 0 aliphatic rings. The molecule has 0 radical (unpaired) electrons. The van der Waals surface area contributed by atoms with Crippen LogP contribution in [0.1, 0.15) is 51.9 Å². The lowest BCUT2D eigenvalue weighted by atomic mass is 10.0. The number of aromatic carboxylic acids is 1. The standard InChI is InChI=1S/C41H39NO7.ClH/c43-39(11-6-12-40(44)45)42(27-30-13-19-36(20-14-30)41(46)47)26-25-35-9-4-5-10-38(35)49-29-32-15-17-33(18-16-32)34-21-23-37(24-22-34)48-28-31-7-2-1-3-8-31;/h1-5,7-10,13-24H,6,11-12,25-29H2,(H,44,45)(H,46,47);1H. The van der Waals surface area contributed by atoms with Gasteiger partial charge in [0.15, 0.2) is 0 Å². The van der Waals surface area contributed by atoms with E-state index in [1.54, 1.807) is 17.0 Å². The molecule has 0 unspecified atom stereocenters. The number of nitrogens with zero attached hydrogens (tertiary/aromatic N) is 1. The largest absolute Gasteiger partial charge is 0.489 e. The summed E-state index contributed by atoms with van der Waals surface area (Å²) in [5.74, 6) is -0.575. The molecule has 0 fully saturated rings. The number of hydrogen-bond donors (Lipinski definition) is 2. The van der Waals surface area contributed by atoms with E-state index in [2.05, 4.69) is 12.1 Å². The van der Waals surface area contributed by atoms with Crippen molar-refractivity contribution in [3.8, 4) is 22.6 Å². The average molecular weight is 694 g/mol. The lowest BCUT2D eigenvalue weighted by Gasteiger charge is -2.24. The molecule has 0 heterocycles. The third kappa shape index (κ3) is 11.2. The van der Waals surface area contributed by atoms with Gasteiger partial charge in [-0.3, -0.25) is 9.59 Å². The second-order valence-corrected chi connectivity index (χ2v) is 11.7. The molecule has 50 heavy (non-hydrogen) atoms. The van der Waals surface area contributed by atoms with Crippen LogP contribution in [0.3, 0.4) is 0 Å². The minimum Gasteiger partial charge on any atom is -0.489 e. The smallest absolute Gasteiger partial charge is 0.335 e. The molecular weight excluding hydrogens is 654 g/mol. The van der Waals surface area contributed by atoms with Gasteiger partial charge in [0.05, 0.1) is 5.56 Å². The SMILES string of the molecule is Cl.O=C(O)CCCC(=O)N(CCc1ccccc1OCc1ccc(-c2ccc(OCc3ccccc3)cc2)cc1)Cc1ccc(C(=O)O)cc1. The van der Waals surface area contributed by atoms with Gasteiger partial charge in [-0.2, -0.15) is 0 Å². The van der Waals surface area contributed by atoms with E-state index in [0.29, 0.717) is 26.2 Å². The minimum atomic E-state index is -1.02. The number of carboxylic acids is 2. The highest BCUT2D eigenvalue weighted by Gasteiger charge is 2.16. The van der Waals surface area contributed by atoms with Gasteiger partial charge in [-0.05, 0) is 76.6 Å². The zero-order valence-corrected chi connectivity index (χ0v) is 28.4. The molecule has 0 spiro atoms. The number of para-hydroxylation sites is 1. The topological polar surface area (TPSA) is 113 Å². The van der Waals surface area contributed by atoms with Crippen molar-refractivity contribution in [1.29, 1.82) is 0 Å². The predicted molar refractivity (Wildman–Crippen MR) is 195 cm³/mol. The number of halogens is 1. The first-order chi connectivity index (χ1) is 23.8. The van der Waals surface area contributed by atoms with Crippen LogP contribution in [0, 0.1) is 0 Å². The molecule has 258 valence electrons. The van der Waals surface area contributed by atoms with Crippen LogP contribution < -0.4 is 9.47 Å². The predicted octanol–water partition coefficient (Wildman–Crippen LogP) is 8.46. The Kier molecular flexibility index (Phi) is 14.0. The summed E-state index contributed by atoms with van der Waals surface area (Å²) in [4.78, 5) is 37.1. The van der Waals surface area contributed by atoms with Gasteiger partial charge >= 0.3 is 11.9 Å². The molecule has 1 amide bonds. The van der Waals surface area contributed by atoms with Gasteiger partial charge in [0.25, 0.3) is 0 Å². The maximum Gasteiger partial charge on any atom is 0.335 e. The monoisotopic (exact) mass is 693 g/mol. The zero-order chi connectivity index (χ0) is 34.4. The molecule has 0 aliphatic heterocycles. The van der Waals surface area contributed by atoms with Crippen molar-refractivity contribution in [3.63, 3.8) is 0 Å². The Morgan fingerprint density at radius 3 is 1.84 bits per heavy atom. The van der Waals surface area contributed by atoms with E-state index in [9.17, 15) is 19.5 Å². The van der Waals surface area contributed by atoms with Gasteiger partial charge in [0.2, 0.25) is 5.91 Å². The Morgan fingerprint density at radius 2 is 1.18 bits per heavy atom. The number of rotatable bonds is 17. The fourth-order valence-corrected chi connectivity index (χ4v) is 5.36. The first-order valence-corrected chi connectivity index (χ1v) is 16.2. The highest BCUT2D eigenvalue weighted by atomic mass is 35.5. The van der Waals surface area contributed by atoms with E-state index in [4.69, 9.17) is 14.6 Å². The van der Waals surface area contributed by atoms with Crippen LogP contribution in [-0.4, -0.2) is 39.5 Å². The van der Waals surface area contributed by atoms with Crippen LogP contribution in [0.4, 0.5) is 0 Å². The first-order valence-electron chi connectivity index (χ1n) is 16.2. The Morgan fingerprint density at radius 1 is 0.600 bits per heavy atom. The summed E-state index contributed by atoms with van der Waals surface area (Å²) < 4.78 is 12.2. The lowest BCUT2D eigenvalue weighted by Crippen LogP contribution is -2.32. The molecule has 0 bridgehead atoms. The van der Waals surface area contributed by atoms with Crippen molar-refractivity contribution in [2.45, 2.75) is 45.4 Å². The third-order valence-electron chi connectivity index (χ3n) is 8.12. The van der Waals surface area contributed by atoms with Crippen molar-refractivity contribution in [1.82, 2.24) is 4.90 Å². The molecule has 5 aromatic rings. The third-order valence-corrected chi connectivity index (χ3v) is 8.12. The Hall–Kier alpha value is -5.60. The van der Waals surface area contributed by atoms with Crippen molar-refractivity contribution >= 4 is 30.3 Å². The van der Waals surface area contributed by atoms with Gasteiger partial charge in [-0.1, -0.05) is 97.1 Å². The van der Waals surface area contributed by atoms with E-state index in [0.717, 1.165) is 44.9 Å². The zero-order valence-electron chi connectivity index (χ0n) is 27.6. The van der Waals surface area contributed by atoms with E-state index in [-0.39, 0.29) is 49.7 Å². The van der Waals surface area contributed by atoms with Crippen molar-refractivity contribution in [3.05, 3.63) is 155 Å². The van der Waals surface area contributed by atoms with E-state index >= 15 is 0 Å². The van der Waals surface area contributed by atoms with Gasteiger partial charge in [-0.15, -0.1) is 12.4 Å². The first kappa shape index (κ1) is 37.2. The van der Waals surface area contributed by atoms with Crippen molar-refractivity contribution in [2.24, 2.45) is 0 Å². The van der Waals surface area contributed by atoms with Crippen molar-refractivity contribution < 1.29 is 34.1 Å². The molecule has 9 heteroatoms. The molecule has 0 aliphatic carbocycles. The number of carboxylic acid groups (broad SMARTS) is 2. The maximum absolute atomic E-state index is 13.2. The second kappa shape index (κ2) is 18.8. The Labute approximate surface area is 298 Å². The summed E-state index contributed by atoms with van der Waals surface area (Å²) in [6.45, 7) is 1.56. The Balaban J connectivity index is 0.00000562. The number of carbonyl (C=O) groups excluding carboxylic acids is 1. The second-order valence-electron chi connectivity index (χ2n) is 11.7. The van der Waals surface area contributed by atoms with E-state index in [1.165, 1.54) is 12.1 Å². The van der Waals surface area contributed by atoms with Gasteiger partial charge in [0, 0.05) is 25.9 Å². The molecule has 8 nitrogen and oxygen atoms in total. The molecule has 5 rings (SSSR count). The normalized spacial score (nSPS) is 10.5. The highest BCUT2D eigenvalue weighted by Crippen LogP contribution is 2.25. The molecule has 0 aromatic heterocycles. The summed E-state index contributed by atoms with van der Waals surface area (Å²) in [5, 5.41) is 18.2. The summed E-state index contributed by atoms with van der Waals surface area (Å²) in [5.41, 5.74) is 6.21. The molecule has 2 N–H and O–H groups in total. The van der Waals surface area contributed by atoms with E-state index in [1.807, 2.05) is 91.0 Å². The van der Waals surface area contributed by atoms with Crippen LogP contribution in [0.5, 0.6) is 11.5 Å². The van der Waals surface area contributed by atoms with Crippen LogP contribution >= 0.6 is 12.4 Å². The number of amides is 1. The number of benzene rings is 5. The Bertz CT molecular complexity index is 1830. The van der Waals surface area contributed by atoms with Crippen LogP contribution in [-0.2, 0) is 35.8 Å². The summed E-state index contributed by atoms with van der Waals surface area (Å²) in [7, 11) is 0. The van der Waals surface area contributed by atoms with Crippen molar-refractivity contribution in [2.75, 3.05) is 6.54 Å². The molecule has 0 atom stereocenters. The van der Waals surface area contributed by atoms with Gasteiger partial charge in [0.1, 0.15) is 24.7 Å². The average Bonchev–Trinajstić information content (AvgIpc) is 3.13. The van der Waals surface area contributed by atoms with Crippen LogP contribution in [0.2, 0.25) is 0 Å². The summed E-state index contributed by atoms with van der Waals surface area (Å²) in [6, 6.07) is 40.5.